The smallest absolute Gasteiger partial charge is 0.308 e. The molecular formula is C10H9ClN2O2S. The highest BCUT2D eigenvalue weighted by Gasteiger charge is 2.09. The SMILES string of the molecule is COC(=N)Cn1c(=O)sc2ccc(Cl)cc21. The van der Waals surface area contributed by atoms with E-state index in [0.717, 1.165) is 21.6 Å². The molecular weight excluding hydrogens is 248 g/mol. The Morgan fingerprint density at radius 2 is 2.38 bits per heavy atom. The van der Waals surface area contributed by atoms with Crippen LogP contribution >= 0.6 is 22.9 Å². The minimum Gasteiger partial charge on any atom is -0.483 e. The molecule has 1 heterocycles. The van der Waals surface area contributed by atoms with Crippen LogP contribution in [0.4, 0.5) is 0 Å². The Bertz CT molecular complexity index is 602. The molecule has 0 saturated heterocycles. The lowest BCUT2D eigenvalue weighted by Crippen LogP contribution is -2.19. The Balaban J connectivity index is 2.58. The number of thiazole rings is 1. The van der Waals surface area contributed by atoms with Gasteiger partial charge in [-0.1, -0.05) is 22.9 Å². The van der Waals surface area contributed by atoms with E-state index >= 15 is 0 Å². The van der Waals surface area contributed by atoms with E-state index in [1.165, 1.54) is 11.7 Å². The Hall–Kier alpha value is -1.33. The lowest BCUT2D eigenvalue weighted by molar-refractivity contribution is 0.381. The molecule has 1 N–H and O–H groups in total. The average molecular weight is 257 g/mol. The van der Waals surface area contributed by atoms with Gasteiger partial charge in [0.1, 0.15) is 6.54 Å². The summed E-state index contributed by atoms with van der Waals surface area (Å²) in [6.07, 6.45) is 0. The molecule has 84 valence electrons. The van der Waals surface area contributed by atoms with Crippen molar-refractivity contribution in [1.29, 1.82) is 5.41 Å². The van der Waals surface area contributed by atoms with Crippen LogP contribution in [0.15, 0.2) is 23.0 Å². The van der Waals surface area contributed by atoms with Gasteiger partial charge in [-0.15, -0.1) is 0 Å². The molecule has 6 heteroatoms. The van der Waals surface area contributed by atoms with Crippen LogP contribution in [0.2, 0.25) is 5.02 Å². The first kappa shape index (κ1) is 11.2. The number of methoxy groups -OCH3 is 1. The van der Waals surface area contributed by atoms with Gasteiger partial charge >= 0.3 is 4.87 Å². The van der Waals surface area contributed by atoms with Crippen LogP contribution in [-0.4, -0.2) is 17.6 Å². The number of rotatable bonds is 2. The summed E-state index contributed by atoms with van der Waals surface area (Å²) in [7, 11) is 1.41. The first-order chi connectivity index (χ1) is 7.61. The molecule has 16 heavy (non-hydrogen) atoms. The van der Waals surface area contributed by atoms with E-state index in [4.69, 9.17) is 21.7 Å². The van der Waals surface area contributed by atoms with Crippen molar-refractivity contribution in [3.8, 4) is 0 Å². The number of hydrogen-bond donors (Lipinski definition) is 1. The minimum atomic E-state index is -0.112. The van der Waals surface area contributed by atoms with E-state index in [-0.39, 0.29) is 17.3 Å². The highest BCUT2D eigenvalue weighted by Crippen LogP contribution is 2.21. The van der Waals surface area contributed by atoms with Crippen LogP contribution in [0.25, 0.3) is 10.2 Å². The Labute approximate surface area is 101 Å². The van der Waals surface area contributed by atoms with Crippen LogP contribution in [-0.2, 0) is 11.3 Å². The predicted molar refractivity (Wildman–Crippen MR) is 65.8 cm³/mol. The maximum Gasteiger partial charge on any atom is 0.308 e. The van der Waals surface area contributed by atoms with Crippen LogP contribution in [0.3, 0.4) is 0 Å². The molecule has 0 fully saturated rings. The van der Waals surface area contributed by atoms with Gasteiger partial charge in [-0.25, -0.2) is 0 Å². The lowest BCUT2D eigenvalue weighted by Gasteiger charge is -2.04. The van der Waals surface area contributed by atoms with Gasteiger partial charge in [0.05, 0.1) is 17.3 Å². The number of ether oxygens (including phenoxy) is 1. The third-order valence-corrected chi connectivity index (χ3v) is 3.37. The van der Waals surface area contributed by atoms with Gasteiger partial charge in [0, 0.05) is 5.02 Å². The fraction of sp³-hybridized carbons (Fsp3) is 0.200. The Morgan fingerprint density at radius 1 is 1.62 bits per heavy atom. The number of nitrogens with one attached hydrogen (secondary N) is 1. The largest absolute Gasteiger partial charge is 0.483 e. The molecule has 0 aliphatic carbocycles. The number of aromatic nitrogens is 1. The number of hydrogen-bond acceptors (Lipinski definition) is 4. The van der Waals surface area contributed by atoms with Gasteiger partial charge in [0.15, 0.2) is 0 Å². The zero-order valence-corrected chi connectivity index (χ0v) is 10.1. The number of benzene rings is 1. The Morgan fingerprint density at radius 3 is 3.06 bits per heavy atom. The van der Waals surface area contributed by atoms with E-state index < -0.39 is 0 Å². The fourth-order valence-corrected chi connectivity index (χ4v) is 2.43. The lowest BCUT2D eigenvalue weighted by atomic mass is 10.3. The second kappa shape index (κ2) is 4.27. The quantitative estimate of drug-likeness (QED) is 0.662. The number of nitrogens with zero attached hydrogens (tertiary/aromatic N) is 1. The van der Waals surface area contributed by atoms with Gasteiger partial charge in [-0.05, 0) is 18.2 Å². The molecule has 0 amide bonds. The summed E-state index contributed by atoms with van der Waals surface area (Å²) < 4.78 is 7.10. The van der Waals surface area contributed by atoms with E-state index in [2.05, 4.69) is 0 Å². The molecule has 0 unspecified atom stereocenters. The van der Waals surface area contributed by atoms with Crippen molar-refractivity contribution in [1.82, 2.24) is 4.57 Å². The van der Waals surface area contributed by atoms with E-state index in [1.807, 2.05) is 0 Å². The minimum absolute atomic E-state index is 0.0433. The molecule has 4 nitrogen and oxygen atoms in total. The topological polar surface area (TPSA) is 55.1 Å². The van der Waals surface area contributed by atoms with Gasteiger partial charge in [0.25, 0.3) is 0 Å². The van der Waals surface area contributed by atoms with Crippen LogP contribution in [0, 0.1) is 5.41 Å². The number of fused-ring (bicyclic) bond motifs is 1. The summed E-state index contributed by atoms with van der Waals surface area (Å²) >= 11 is 7.01. The molecule has 0 radical (unpaired) electrons. The molecule has 0 aliphatic rings. The van der Waals surface area contributed by atoms with Gasteiger partial charge in [-0.2, -0.15) is 0 Å². The van der Waals surface area contributed by atoms with E-state index in [1.54, 1.807) is 18.2 Å². The fourth-order valence-electron chi connectivity index (χ4n) is 1.39. The Kier molecular flexibility index (Phi) is 2.98. The molecule has 0 spiro atoms. The van der Waals surface area contributed by atoms with Crippen LogP contribution in [0.5, 0.6) is 0 Å². The highest BCUT2D eigenvalue weighted by molar-refractivity contribution is 7.16. The van der Waals surface area contributed by atoms with Crippen molar-refractivity contribution in [3.63, 3.8) is 0 Å². The molecule has 0 saturated carbocycles. The van der Waals surface area contributed by atoms with Crippen molar-refractivity contribution in [3.05, 3.63) is 32.9 Å². The molecule has 0 atom stereocenters. The molecule has 0 aliphatic heterocycles. The molecule has 1 aromatic carbocycles. The standard InChI is InChI=1S/C10H9ClN2O2S/c1-15-9(12)5-13-7-4-6(11)2-3-8(7)16-10(13)14/h2-4,12H,5H2,1H3. The van der Waals surface area contributed by atoms with Crippen molar-refractivity contribution < 1.29 is 4.74 Å². The molecule has 2 rings (SSSR count). The van der Waals surface area contributed by atoms with Gasteiger partial charge < -0.3 is 4.74 Å². The maximum absolute atomic E-state index is 11.7. The van der Waals surface area contributed by atoms with Gasteiger partial charge in [-0.3, -0.25) is 14.8 Å². The summed E-state index contributed by atoms with van der Waals surface area (Å²) in [5.41, 5.74) is 0.740. The first-order valence-corrected chi connectivity index (χ1v) is 5.71. The number of halogens is 1. The molecule has 2 aromatic rings. The van der Waals surface area contributed by atoms with Crippen molar-refractivity contribution >= 4 is 39.1 Å². The second-order valence-corrected chi connectivity index (χ2v) is 4.62. The summed E-state index contributed by atoms with van der Waals surface area (Å²) in [4.78, 5) is 11.6. The monoisotopic (exact) mass is 256 g/mol. The first-order valence-electron chi connectivity index (χ1n) is 4.52. The third-order valence-electron chi connectivity index (χ3n) is 2.18. The summed E-state index contributed by atoms with van der Waals surface area (Å²) in [5.74, 6) is 0.0433. The zero-order chi connectivity index (χ0) is 11.7. The summed E-state index contributed by atoms with van der Waals surface area (Å²) in [5, 5.41) is 8.00. The van der Waals surface area contributed by atoms with E-state index in [9.17, 15) is 4.79 Å². The van der Waals surface area contributed by atoms with Crippen LogP contribution in [0.1, 0.15) is 0 Å². The van der Waals surface area contributed by atoms with Gasteiger partial charge in [0.2, 0.25) is 5.90 Å². The van der Waals surface area contributed by atoms with E-state index in [0.29, 0.717) is 5.02 Å². The second-order valence-electron chi connectivity index (χ2n) is 3.19. The van der Waals surface area contributed by atoms with Crippen LogP contribution < -0.4 is 4.87 Å². The molecule has 1 aromatic heterocycles. The molecule has 0 bridgehead atoms. The van der Waals surface area contributed by atoms with Crippen molar-refractivity contribution in [2.45, 2.75) is 6.54 Å². The van der Waals surface area contributed by atoms with Crippen molar-refractivity contribution in [2.24, 2.45) is 0 Å². The summed E-state index contributed by atoms with van der Waals surface area (Å²) in [6.45, 7) is 0.135. The third kappa shape index (κ3) is 1.96. The zero-order valence-electron chi connectivity index (χ0n) is 8.49. The van der Waals surface area contributed by atoms with Crippen molar-refractivity contribution in [2.75, 3.05) is 7.11 Å². The predicted octanol–water partition coefficient (Wildman–Crippen LogP) is 2.34. The normalized spacial score (nSPS) is 10.6. The average Bonchev–Trinajstić information content (AvgIpc) is 2.55. The maximum atomic E-state index is 11.7. The highest BCUT2D eigenvalue weighted by atomic mass is 35.5. The summed E-state index contributed by atoms with van der Waals surface area (Å²) in [6, 6.07) is 5.26.